The lowest BCUT2D eigenvalue weighted by atomic mass is 10.2. The Morgan fingerprint density at radius 1 is 1.33 bits per heavy atom. The summed E-state index contributed by atoms with van der Waals surface area (Å²) in [5.41, 5.74) is 0. The van der Waals surface area contributed by atoms with Gasteiger partial charge in [-0.15, -0.1) is 0 Å². The number of β-amino-alcohol motifs (C(OH)–C–C–N with tert-alkyl or cyclic N) is 1. The molecule has 1 saturated heterocycles. The van der Waals surface area contributed by atoms with Crippen molar-refractivity contribution in [2.75, 3.05) is 6.54 Å². The van der Waals surface area contributed by atoms with Crippen LogP contribution in [-0.2, 0) is 4.79 Å². The van der Waals surface area contributed by atoms with E-state index in [9.17, 15) is 19.8 Å². The summed E-state index contributed by atoms with van der Waals surface area (Å²) in [5.74, 6) is -1.07. The molecule has 1 aliphatic rings. The first-order valence-corrected chi connectivity index (χ1v) is 5.50. The van der Waals surface area contributed by atoms with Crippen LogP contribution in [-0.4, -0.2) is 40.8 Å². The number of hydrogen-bond donors (Lipinski definition) is 1. The maximum Gasteiger partial charge on any atom is 0.415 e. The number of aliphatic hydroxyl groups is 1. The Hall–Kier alpha value is -2.08. The third-order valence-electron chi connectivity index (χ3n) is 2.73. The van der Waals surface area contributed by atoms with Crippen LogP contribution in [0.25, 0.3) is 0 Å². The maximum atomic E-state index is 11.8. The Labute approximate surface area is 103 Å². The number of nitrogens with zero attached hydrogens (tertiary/aromatic N) is 1. The van der Waals surface area contributed by atoms with Gasteiger partial charge in [0.25, 0.3) is 0 Å². The molecule has 0 saturated carbocycles. The van der Waals surface area contributed by atoms with E-state index in [0.717, 1.165) is 4.90 Å². The molecule has 1 amide bonds. The number of carbonyl (C=O) groups is 2. The monoisotopic (exact) mass is 250 g/mol. The van der Waals surface area contributed by atoms with Crippen molar-refractivity contribution in [3.63, 3.8) is 0 Å². The van der Waals surface area contributed by atoms with E-state index in [-0.39, 0.29) is 13.0 Å². The molecule has 1 aliphatic heterocycles. The second-order valence-electron chi connectivity index (χ2n) is 4.06. The van der Waals surface area contributed by atoms with Crippen molar-refractivity contribution in [2.24, 2.45) is 0 Å². The van der Waals surface area contributed by atoms with Crippen molar-refractivity contribution in [3.8, 4) is 5.75 Å². The first-order valence-electron chi connectivity index (χ1n) is 5.50. The third-order valence-corrected chi connectivity index (χ3v) is 2.73. The molecule has 2 rings (SSSR count). The minimum atomic E-state index is -1.39. The van der Waals surface area contributed by atoms with Crippen LogP contribution >= 0.6 is 0 Å². The quantitative estimate of drug-likeness (QED) is 0.754. The molecule has 1 aromatic carbocycles. The number of amides is 1. The maximum absolute atomic E-state index is 11.8. The second kappa shape index (κ2) is 5.05. The molecular formula is C12H12NO5-. The van der Waals surface area contributed by atoms with Gasteiger partial charge in [0.1, 0.15) is 5.75 Å². The average Bonchev–Trinajstić information content (AvgIpc) is 2.73. The highest BCUT2D eigenvalue weighted by atomic mass is 16.6. The highest BCUT2D eigenvalue weighted by Gasteiger charge is 2.36. The number of aliphatic carboxylic acids is 1. The fourth-order valence-corrected chi connectivity index (χ4v) is 1.89. The van der Waals surface area contributed by atoms with Crippen molar-refractivity contribution in [2.45, 2.75) is 18.6 Å². The highest BCUT2D eigenvalue weighted by molar-refractivity contribution is 5.80. The van der Waals surface area contributed by atoms with Crippen molar-refractivity contribution < 1.29 is 24.5 Å². The minimum absolute atomic E-state index is 0.0355. The predicted octanol–water partition coefficient (Wildman–Crippen LogP) is -0.630. The Kier molecular flexibility index (Phi) is 3.47. The summed E-state index contributed by atoms with van der Waals surface area (Å²) in [6.45, 7) is -0.0652. The number of likely N-dealkylation sites (tertiary alicyclic amines) is 1. The predicted molar refractivity (Wildman–Crippen MR) is 58.6 cm³/mol. The largest absolute Gasteiger partial charge is 0.548 e. The van der Waals surface area contributed by atoms with Gasteiger partial charge in [0.15, 0.2) is 0 Å². The van der Waals surface area contributed by atoms with Crippen LogP contribution in [0.3, 0.4) is 0 Å². The molecule has 0 aromatic heterocycles. The summed E-state index contributed by atoms with van der Waals surface area (Å²) in [4.78, 5) is 23.6. The van der Waals surface area contributed by atoms with Crippen molar-refractivity contribution >= 4 is 12.1 Å². The molecule has 1 aromatic rings. The third kappa shape index (κ3) is 2.60. The van der Waals surface area contributed by atoms with Crippen LogP contribution in [0.2, 0.25) is 0 Å². The molecule has 18 heavy (non-hydrogen) atoms. The zero-order valence-electron chi connectivity index (χ0n) is 9.48. The zero-order chi connectivity index (χ0) is 13.1. The number of carboxylic acids is 1. The van der Waals surface area contributed by atoms with Gasteiger partial charge in [0.2, 0.25) is 0 Å². The molecule has 0 unspecified atom stereocenters. The molecule has 1 N–H and O–H groups in total. The van der Waals surface area contributed by atoms with Gasteiger partial charge in [0.05, 0.1) is 24.7 Å². The SMILES string of the molecule is O=C([O-])[C@@H]1C[C@@H](O)CN1C(=O)Oc1ccccc1. The Bertz CT molecular complexity index is 447. The summed E-state index contributed by atoms with van der Waals surface area (Å²) >= 11 is 0. The first kappa shape index (κ1) is 12.4. The lowest BCUT2D eigenvalue weighted by molar-refractivity contribution is -0.310. The summed E-state index contributed by atoms with van der Waals surface area (Å²) in [5, 5.41) is 20.2. The number of carbonyl (C=O) groups excluding carboxylic acids is 2. The molecule has 1 heterocycles. The topological polar surface area (TPSA) is 89.9 Å². The number of carboxylic acid groups (broad SMARTS) is 1. The van der Waals surface area contributed by atoms with Gasteiger partial charge < -0.3 is 19.7 Å². The number of para-hydroxylation sites is 1. The molecule has 0 bridgehead atoms. The standard InChI is InChI=1S/C12H13NO5/c14-8-6-10(11(15)16)13(7-8)12(17)18-9-4-2-1-3-5-9/h1-5,8,10,14H,6-7H2,(H,15,16)/p-1/t8-,10+/m1/s1. The minimum Gasteiger partial charge on any atom is -0.548 e. The van der Waals surface area contributed by atoms with E-state index in [1.807, 2.05) is 0 Å². The van der Waals surface area contributed by atoms with E-state index >= 15 is 0 Å². The van der Waals surface area contributed by atoms with E-state index in [0.29, 0.717) is 5.75 Å². The summed E-state index contributed by atoms with van der Waals surface area (Å²) in [7, 11) is 0. The van der Waals surface area contributed by atoms with Gasteiger partial charge in [-0.2, -0.15) is 0 Å². The smallest absolute Gasteiger partial charge is 0.415 e. The van der Waals surface area contributed by atoms with Gasteiger partial charge in [-0.25, -0.2) is 4.79 Å². The van der Waals surface area contributed by atoms with Crippen molar-refractivity contribution in [1.29, 1.82) is 0 Å². The molecule has 1 fully saturated rings. The fourth-order valence-electron chi connectivity index (χ4n) is 1.89. The van der Waals surface area contributed by atoms with Gasteiger partial charge in [0, 0.05) is 6.42 Å². The normalized spacial score (nSPS) is 22.8. The first-order chi connectivity index (χ1) is 8.58. The molecule has 96 valence electrons. The number of rotatable bonds is 2. The fraction of sp³-hybridized carbons (Fsp3) is 0.333. The summed E-state index contributed by atoms with van der Waals surface area (Å²) in [6, 6.07) is 7.17. The number of ether oxygens (including phenoxy) is 1. The molecule has 0 aliphatic carbocycles. The van der Waals surface area contributed by atoms with Gasteiger partial charge in [-0.1, -0.05) is 18.2 Å². The van der Waals surface area contributed by atoms with Gasteiger partial charge >= 0.3 is 6.09 Å². The van der Waals surface area contributed by atoms with Gasteiger partial charge in [-0.3, -0.25) is 4.90 Å². The van der Waals surface area contributed by atoms with Crippen LogP contribution in [0, 0.1) is 0 Å². The number of benzene rings is 1. The Morgan fingerprint density at radius 3 is 2.61 bits per heavy atom. The summed E-state index contributed by atoms with van der Waals surface area (Å²) in [6.07, 6.45) is -1.70. The zero-order valence-corrected chi connectivity index (χ0v) is 9.48. The van der Waals surface area contributed by atoms with E-state index in [2.05, 4.69) is 0 Å². The van der Waals surface area contributed by atoms with Crippen LogP contribution in [0.5, 0.6) is 5.75 Å². The van der Waals surface area contributed by atoms with Crippen molar-refractivity contribution in [1.82, 2.24) is 4.90 Å². The molecular weight excluding hydrogens is 238 g/mol. The Morgan fingerprint density at radius 2 is 2.00 bits per heavy atom. The molecule has 0 radical (unpaired) electrons. The Balaban J connectivity index is 2.06. The van der Waals surface area contributed by atoms with Gasteiger partial charge in [-0.05, 0) is 12.1 Å². The van der Waals surface area contributed by atoms with Crippen LogP contribution in [0.4, 0.5) is 4.79 Å². The van der Waals surface area contributed by atoms with Crippen LogP contribution < -0.4 is 9.84 Å². The van der Waals surface area contributed by atoms with Crippen molar-refractivity contribution in [3.05, 3.63) is 30.3 Å². The molecule has 2 atom stereocenters. The molecule has 6 nitrogen and oxygen atoms in total. The van der Waals surface area contributed by atoms with E-state index in [4.69, 9.17) is 4.74 Å². The lowest BCUT2D eigenvalue weighted by Gasteiger charge is -2.23. The lowest BCUT2D eigenvalue weighted by Crippen LogP contribution is -2.47. The van der Waals surface area contributed by atoms with Crippen LogP contribution in [0.1, 0.15) is 6.42 Å². The van der Waals surface area contributed by atoms with Crippen LogP contribution in [0.15, 0.2) is 30.3 Å². The molecule has 6 heteroatoms. The number of aliphatic hydroxyl groups excluding tert-OH is 1. The summed E-state index contributed by atoms with van der Waals surface area (Å²) < 4.78 is 5.01. The highest BCUT2D eigenvalue weighted by Crippen LogP contribution is 2.20. The molecule has 0 spiro atoms. The second-order valence-corrected chi connectivity index (χ2v) is 4.06. The van der Waals surface area contributed by atoms with E-state index in [1.165, 1.54) is 0 Å². The van der Waals surface area contributed by atoms with E-state index in [1.54, 1.807) is 30.3 Å². The number of hydrogen-bond acceptors (Lipinski definition) is 5. The average molecular weight is 250 g/mol. The van der Waals surface area contributed by atoms with E-state index < -0.39 is 24.2 Å².